The van der Waals surface area contributed by atoms with Gasteiger partial charge in [-0.15, -0.1) is 11.6 Å². The van der Waals surface area contributed by atoms with Crippen molar-refractivity contribution in [1.82, 2.24) is 19.6 Å². The van der Waals surface area contributed by atoms with Crippen LogP contribution in [0.4, 0.5) is 0 Å². The van der Waals surface area contributed by atoms with Gasteiger partial charge < -0.3 is 9.80 Å². The Labute approximate surface area is 147 Å². The van der Waals surface area contributed by atoms with Gasteiger partial charge in [-0.3, -0.25) is 14.3 Å². The van der Waals surface area contributed by atoms with E-state index >= 15 is 0 Å². The first-order chi connectivity index (χ1) is 11.4. The molecule has 0 aliphatic carbocycles. The van der Waals surface area contributed by atoms with E-state index in [1.165, 1.54) is 0 Å². The summed E-state index contributed by atoms with van der Waals surface area (Å²) in [5.74, 6) is 0.327. The first-order valence-corrected chi connectivity index (χ1v) is 9.17. The standard InChI is InChI=1S/C17H25ClN4O2/c1-17(2,12-18)16(24)21-9-7-20(8-10-21)15(23)14-11-13-5-3-4-6-22(13)19-14/h11H,3-10,12H2,1-2H3. The summed E-state index contributed by atoms with van der Waals surface area (Å²) >= 11 is 5.89. The lowest BCUT2D eigenvalue weighted by atomic mass is 9.94. The Hall–Kier alpha value is -1.56. The molecule has 1 aromatic heterocycles. The Morgan fingerprint density at radius 2 is 1.79 bits per heavy atom. The zero-order chi connectivity index (χ0) is 17.3. The highest BCUT2D eigenvalue weighted by molar-refractivity contribution is 6.19. The second-order valence-electron chi connectivity index (χ2n) is 7.30. The predicted molar refractivity (Wildman–Crippen MR) is 92.1 cm³/mol. The number of aromatic nitrogens is 2. The third kappa shape index (κ3) is 3.29. The minimum atomic E-state index is -0.559. The first-order valence-electron chi connectivity index (χ1n) is 8.64. The molecule has 1 aromatic rings. The van der Waals surface area contributed by atoms with Crippen molar-refractivity contribution in [1.29, 1.82) is 0 Å². The number of aryl methyl sites for hydroxylation is 2. The Balaban J connectivity index is 1.61. The topological polar surface area (TPSA) is 58.4 Å². The van der Waals surface area contributed by atoms with Gasteiger partial charge in [-0.05, 0) is 39.2 Å². The Morgan fingerprint density at radius 1 is 1.12 bits per heavy atom. The van der Waals surface area contributed by atoms with Crippen molar-refractivity contribution in [3.05, 3.63) is 17.5 Å². The van der Waals surface area contributed by atoms with Gasteiger partial charge in [-0.2, -0.15) is 5.10 Å². The molecule has 0 bridgehead atoms. The van der Waals surface area contributed by atoms with Crippen molar-refractivity contribution in [2.45, 2.75) is 39.7 Å². The normalized spacial score (nSPS) is 18.5. The maximum atomic E-state index is 12.7. The zero-order valence-electron chi connectivity index (χ0n) is 14.4. The molecule has 3 rings (SSSR count). The van der Waals surface area contributed by atoms with E-state index in [0.29, 0.717) is 37.8 Å². The second-order valence-corrected chi connectivity index (χ2v) is 7.57. The maximum Gasteiger partial charge on any atom is 0.274 e. The summed E-state index contributed by atoms with van der Waals surface area (Å²) < 4.78 is 1.96. The van der Waals surface area contributed by atoms with Gasteiger partial charge >= 0.3 is 0 Å². The monoisotopic (exact) mass is 352 g/mol. The highest BCUT2D eigenvalue weighted by Crippen LogP contribution is 2.22. The number of halogens is 1. The summed E-state index contributed by atoms with van der Waals surface area (Å²) in [6.07, 6.45) is 3.28. The average molecular weight is 353 g/mol. The molecule has 0 atom stereocenters. The molecule has 0 aromatic carbocycles. The quantitative estimate of drug-likeness (QED) is 0.779. The van der Waals surface area contributed by atoms with Gasteiger partial charge in [-0.1, -0.05) is 0 Å². The number of amides is 2. The highest BCUT2D eigenvalue weighted by atomic mass is 35.5. The Morgan fingerprint density at radius 3 is 2.42 bits per heavy atom. The van der Waals surface area contributed by atoms with Gasteiger partial charge in [0.2, 0.25) is 5.91 Å². The van der Waals surface area contributed by atoms with E-state index in [2.05, 4.69) is 5.10 Å². The van der Waals surface area contributed by atoms with Crippen LogP contribution in [0.5, 0.6) is 0 Å². The highest BCUT2D eigenvalue weighted by Gasteiger charge is 2.34. The van der Waals surface area contributed by atoms with Gasteiger partial charge in [0.15, 0.2) is 5.69 Å². The molecule has 0 saturated carbocycles. The molecule has 0 unspecified atom stereocenters. The molecule has 0 spiro atoms. The van der Waals surface area contributed by atoms with Crippen molar-refractivity contribution in [3.63, 3.8) is 0 Å². The number of hydrogen-bond acceptors (Lipinski definition) is 3. The van der Waals surface area contributed by atoms with Crippen LogP contribution in [-0.4, -0.2) is 63.5 Å². The van der Waals surface area contributed by atoms with Crippen LogP contribution in [0.15, 0.2) is 6.07 Å². The van der Waals surface area contributed by atoms with Crippen LogP contribution in [0, 0.1) is 5.41 Å². The number of hydrogen-bond donors (Lipinski definition) is 0. The molecule has 7 heteroatoms. The number of alkyl halides is 1. The molecule has 3 heterocycles. The van der Waals surface area contributed by atoms with Crippen molar-refractivity contribution in [2.75, 3.05) is 32.1 Å². The minimum absolute atomic E-state index is 0.0272. The van der Waals surface area contributed by atoms with Crippen molar-refractivity contribution in [3.8, 4) is 0 Å². The van der Waals surface area contributed by atoms with Crippen LogP contribution < -0.4 is 0 Å². The maximum absolute atomic E-state index is 12.7. The molecule has 0 N–H and O–H groups in total. The molecule has 24 heavy (non-hydrogen) atoms. The second kappa shape index (κ2) is 6.75. The van der Waals surface area contributed by atoms with Crippen LogP contribution in [0.3, 0.4) is 0 Å². The molecular formula is C17H25ClN4O2. The van der Waals surface area contributed by atoms with Gasteiger partial charge in [0.1, 0.15) is 0 Å². The molecule has 2 aliphatic rings. The van der Waals surface area contributed by atoms with Crippen LogP contribution in [-0.2, 0) is 17.8 Å². The summed E-state index contributed by atoms with van der Waals surface area (Å²) in [5, 5.41) is 4.46. The molecule has 0 radical (unpaired) electrons. The van der Waals surface area contributed by atoms with E-state index < -0.39 is 5.41 Å². The third-order valence-corrected chi connectivity index (χ3v) is 5.57. The van der Waals surface area contributed by atoms with Gasteiger partial charge in [-0.25, -0.2) is 0 Å². The fourth-order valence-electron chi connectivity index (χ4n) is 3.28. The Bertz CT molecular complexity index is 609. The summed E-state index contributed by atoms with van der Waals surface area (Å²) in [7, 11) is 0. The van der Waals surface area contributed by atoms with Crippen LogP contribution >= 0.6 is 11.6 Å². The minimum Gasteiger partial charge on any atom is -0.339 e. The van der Waals surface area contributed by atoms with E-state index in [1.807, 2.05) is 29.5 Å². The van der Waals surface area contributed by atoms with Crippen LogP contribution in [0.2, 0.25) is 0 Å². The molecule has 6 nitrogen and oxygen atoms in total. The van der Waals surface area contributed by atoms with Crippen molar-refractivity contribution >= 4 is 23.4 Å². The van der Waals surface area contributed by atoms with Gasteiger partial charge in [0.25, 0.3) is 5.91 Å². The van der Waals surface area contributed by atoms with Crippen molar-refractivity contribution < 1.29 is 9.59 Å². The fourth-order valence-corrected chi connectivity index (χ4v) is 3.40. The summed E-state index contributed by atoms with van der Waals surface area (Å²) in [5.41, 5.74) is 1.13. The smallest absolute Gasteiger partial charge is 0.274 e. The molecule has 1 saturated heterocycles. The predicted octanol–water partition coefficient (Wildman–Crippen LogP) is 1.77. The van der Waals surface area contributed by atoms with Gasteiger partial charge in [0, 0.05) is 44.3 Å². The lowest BCUT2D eigenvalue weighted by Gasteiger charge is -2.37. The summed E-state index contributed by atoms with van der Waals surface area (Å²) in [4.78, 5) is 28.7. The van der Waals surface area contributed by atoms with E-state index in [-0.39, 0.29) is 11.8 Å². The van der Waals surface area contributed by atoms with E-state index in [4.69, 9.17) is 11.6 Å². The lowest BCUT2D eigenvalue weighted by molar-refractivity contribution is -0.140. The number of carbonyl (C=O) groups is 2. The zero-order valence-corrected chi connectivity index (χ0v) is 15.2. The van der Waals surface area contributed by atoms with Gasteiger partial charge in [0.05, 0.1) is 5.41 Å². The SMILES string of the molecule is CC(C)(CCl)C(=O)N1CCN(C(=O)c2cc3n(n2)CCCC3)CC1. The van der Waals surface area contributed by atoms with E-state index in [1.54, 1.807) is 4.90 Å². The summed E-state index contributed by atoms with van der Waals surface area (Å²) in [6, 6.07) is 1.93. The van der Waals surface area contributed by atoms with Crippen LogP contribution in [0.1, 0.15) is 42.9 Å². The number of rotatable bonds is 3. The number of piperazine rings is 1. The fraction of sp³-hybridized carbons (Fsp3) is 0.706. The molecule has 2 amide bonds. The molecular weight excluding hydrogens is 328 g/mol. The third-order valence-electron chi connectivity index (χ3n) is 4.90. The molecule has 132 valence electrons. The van der Waals surface area contributed by atoms with Crippen LogP contribution in [0.25, 0.3) is 0 Å². The number of nitrogens with zero attached hydrogens (tertiary/aromatic N) is 4. The first kappa shape index (κ1) is 17.3. The summed E-state index contributed by atoms with van der Waals surface area (Å²) in [6.45, 7) is 6.82. The molecule has 1 fully saturated rings. The lowest BCUT2D eigenvalue weighted by Crippen LogP contribution is -2.53. The number of carbonyl (C=O) groups excluding carboxylic acids is 2. The Kier molecular flexibility index (Phi) is 4.85. The largest absolute Gasteiger partial charge is 0.339 e. The average Bonchev–Trinajstić information content (AvgIpc) is 3.04. The molecule has 2 aliphatic heterocycles. The van der Waals surface area contributed by atoms with E-state index in [9.17, 15) is 9.59 Å². The number of fused-ring (bicyclic) bond motifs is 1. The van der Waals surface area contributed by atoms with Crippen molar-refractivity contribution in [2.24, 2.45) is 5.41 Å². The van der Waals surface area contributed by atoms with E-state index in [0.717, 1.165) is 31.5 Å².